The maximum Gasteiger partial charge on any atom is 0.243 e. The number of nitrogens with zero attached hydrogens (tertiary/aromatic N) is 3. The van der Waals surface area contributed by atoms with Crippen LogP contribution in [0.15, 0.2) is 71.9 Å². The zero-order valence-electron chi connectivity index (χ0n) is 18.7. The van der Waals surface area contributed by atoms with E-state index in [0.29, 0.717) is 25.2 Å². The fourth-order valence-corrected chi connectivity index (χ4v) is 5.67. The summed E-state index contributed by atoms with van der Waals surface area (Å²) in [4.78, 5) is 18.0. The molecule has 1 fully saturated rings. The minimum absolute atomic E-state index is 0.152. The Morgan fingerprint density at radius 1 is 1.15 bits per heavy atom. The average molecular weight is 469 g/mol. The van der Waals surface area contributed by atoms with Gasteiger partial charge in [0.15, 0.2) is 0 Å². The molecule has 8 nitrogen and oxygen atoms in total. The highest BCUT2D eigenvalue weighted by atomic mass is 32.2. The molecule has 1 aliphatic rings. The number of carbonyl (C=O) groups excluding carboxylic acids is 1. The number of ether oxygens (including phenoxy) is 1. The van der Waals surface area contributed by atoms with Crippen LogP contribution in [0.4, 0.5) is 0 Å². The van der Waals surface area contributed by atoms with Gasteiger partial charge in [0, 0.05) is 32.5 Å². The predicted octanol–water partition coefficient (Wildman–Crippen LogP) is 2.74. The van der Waals surface area contributed by atoms with Crippen LogP contribution in [0.25, 0.3) is 0 Å². The van der Waals surface area contributed by atoms with Crippen LogP contribution >= 0.6 is 0 Å². The first kappa shape index (κ1) is 23.0. The number of imidazole rings is 1. The van der Waals surface area contributed by atoms with Crippen LogP contribution in [-0.4, -0.2) is 48.4 Å². The van der Waals surface area contributed by atoms with Gasteiger partial charge in [-0.05, 0) is 42.7 Å². The van der Waals surface area contributed by atoms with E-state index in [2.05, 4.69) is 10.3 Å². The van der Waals surface area contributed by atoms with Crippen molar-refractivity contribution in [2.24, 2.45) is 13.0 Å². The van der Waals surface area contributed by atoms with Crippen LogP contribution in [0.1, 0.15) is 30.3 Å². The van der Waals surface area contributed by atoms with Gasteiger partial charge in [0.2, 0.25) is 15.9 Å². The molecule has 0 saturated carbocycles. The highest BCUT2D eigenvalue weighted by molar-refractivity contribution is 7.89. The van der Waals surface area contributed by atoms with Gasteiger partial charge in [-0.1, -0.05) is 30.3 Å². The van der Waals surface area contributed by atoms with Crippen molar-refractivity contribution in [3.63, 3.8) is 0 Å². The minimum Gasteiger partial charge on any atom is -0.497 e. The molecule has 1 aromatic heterocycles. The molecule has 0 bridgehead atoms. The Balaban J connectivity index is 1.54. The maximum atomic E-state index is 13.3. The molecule has 0 radical (unpaired) electrons. The Bertz CT molecular complexity index is 1190. The molecule has 4 rings (SSSR count). The largest absolute Gasteiger partial charge is 0.497 e. The first-order valence-corrected chi connectivity index (χ1v) is 12.3. The minimum atomic E-state index is -3.64. The van der Waals surface area contributed by atoms with E-state index in [9.17, 15) is 13.2 Å². The lowest BCUT2D eigenvalue weighted by Crippen LogP contribution is -2.46. The third kappa shape index (κ3) is 4.94. The lowest BCUT2D eigenvalue weighted by molar-refractivity contribution is -0.126. The molecule has 0 aliphatic carbocycles. The summed E-state index contributed by atoms with van der Waals surface area (Å²) < 4.78 is 34.6. The van der Waals surface area contributed by atoms with Crippen molar-refractivity contribution < 1.29 is 17.9 Å². The van der Waals surface area contributed by atoms with E-state index in [-0.39, 0.29) is 17.3 Å². The number of nitrogens with one attached hydrogen (secondary N) is 1. The summed E-state index contributed by atoms with van der Waals surface area (Å²) in [5.74, 6) is 0.779. The second kappa shape index (κ2) is 9.76. The van der Waals surface area contributed by atoms with Crippen LogP contribution in [0.2, 0.25) is 0 Å². The fourth-order valence-electron chi connectivity index (χ4n) is 4.12. The van der Waals surface area contributed by atoms with Gasteiger partial charge >= 0.3 is 0 Å². The number of aryl methyl sites for hydroxylation is 1. The number of methoxy groups -OCH3 is 1. The zero-order chi connectivity index (χ0) is 23.4. The van der Waals surface area contributed by atoms with Gasteiger partial charge < -0.3 is 14.6 Å². The normalized spacial score (nSPS) is 17.9. The summed E-state index contributed by atoms with van der Waals surface area (Å²) in [6, 6.07) is 15.3. The first-order valence-electron chi connectivity index (χ1n) is 10.9. The Morgan fingerprint density at radius 2 is 1.88 bits per heavy atom. The number of benzene rings is 2. The molecule has 174 valence electrons. The van der Waals surface area contributed by atoms with E-state index in [1.54, 1.807) is 43.6 Å². The van der Waals surface area contributed by atoms with Crippen LogP contribution in [-0.2, 0) is 21.9 Å². The molecule has 1 aliphatic heterocycles. The van der Waals surface area contributed by atoms with Crippen molar-refractivity contribution in [3.05, 3.63) is 78.4 Å². The Kier molecular flexibility index (Phi) is 6.80. The van der Waals surface area contributed by atoms with E-state index >= 15 is 0 Å². The summed E-state index contributed by atoms with van der Waals surface area (Å²) in [5, 5.41) is 3.11. The number of carbonyl (C=O) groups is 1. The lowest BCUT2D eigenvalue weighted by atomic mass is 9.97. The third-order valence-electron chi connectivity index (χ3n) is 5.99. The second-order valence-electron chi connectivity index (χ2n) is 8.13. The number of hydrogen-bond acceptors (Lipinski definition) is 5. The van der Waals surface area contributed by atoms with E-state index in [4.69, 9.17) is 4.74 Å². The monoisotopic (exact) mass is 468 g/mol. The van der Waals surface area contributed by atoms with Gasteiger partial charge in [0.1, 0.15) is 17.6 Å². The quantitative estimate of drug-likeness (QED) is 0.576. The first-order chi connectivity index (χ1) is 15.9. The number of sulfonamides is 1. The summed E-state index contributed by atoms with van der Waals surface area (Å²) in [5.41, 5.74) is 0.864. The molecule has 0 spiro atoms. The number of amides is 1. The highest BCUT2D eigenvalue weighted by Gasteiger charge is 2.34. The molecule has 1 amide bonds. The van der Waals surface area contributed by atoms with Crippen molar-refractivity contribution in [1.29, 1.82) is 0 Å². The molecular weight excluding hydrogens is 440 g/mol. The molecule has 1 N–H and O–H groups in total. The van der Waals surface area contributed by atoms with Crippen LogP contribution < -0.4 is 10.1 Å². The predicted molar refractivity (Wildman–Crippen MR) is 124 cm³/mol. The van der Waals surface area contributed by atoms with E-state index in [0.717, 1.165) is 11.3 Å². The maximum absolute atomic E-state index is 13.3. The zero-order valence-corrected chi connectivity index (χ0v) is 19.5. The molecule has 3 aromatic rings. The lowest BCUT2D eigenvalue weighted by Gasteiger charge is -2.32. The van der Waals surface area contributed by atoms with Gasteiger partial charge in [0.25, 0.3) is 0 Å². The third-order valence-corrected chi connectivity index (χ3v) is 7.87. The Labute approximate surface area is 194 Å². The smallest absolute Gasteiger partial charge is 0.243 e. The molecule has 33 heavy (non-hydrogen) atoms. The number of hydrogen-bond donors (Lipinski definition) is 1. The van der Waals surface area contributed by atoms with Gasteiger partial charge in [-0.3, -0.25) is 4.79 Å². The molecule has 9 heteroatoms. The number of aromatic nitrogens is 2. The highest BCUT2D eigenvalue weighted by Crippen LogP contribution is 2.27. The van der Waals surface area contributed by atoms with Gasteiger partial charge in [-0.25, -0.2) is 13.4 Å². The topological polar surface area (TPSA) is 93.5 Å². The van der Waals surface area contributed by atoms with E-state index in [1.807, 2.05) is 42.1 Å². The number of piperidine rings is 1. The summed E-state index contributed by atoms with van der Waals surface area (Å²) in [7, 11) is -0.166. The SMILES string of the molecule is COc1ccc(C(NC(=O)C2CCCN(S(=O)(=O)c3ccccc3)C2)c2nccn2C)cc1. The van der Waals surface area contributed by atoms with E-state index in [1.165, 1.54) is 4.31 Å². The molecule has 2 heterocycles. The van der Waals surface area contributed by atoms with Gasteiger partial charge in [-0.15, -0.1) is 0 Å². The molecule has 2 aromatic carbocycles. The fraction of sp³-hybridized carbons (Fsp3) is 0.333. The molecule has 2 atom stereocenters. The van der Waals surface area contributed by atoms with E-state index < -0.39 is 22.0 Å². The number of rotatable bonds is 7. The Morgan fingerprint density at radius 3 is 2.52 bits per heavy atom. The summed E-state index contributed by atoms with van der Waals surface area (Å²) in [6.07, 6.45) is 4.77. The molecule has 1 saturated heterocycles. The molecule has 2 unspecified atom stereocenters. The van der Waals surface area contributed by atoms with Crippen molar-refractivity contribution in [3.8, 4) is 5.75 Å². The van der Waals surface area contributed by atoms with Crippen molar-refractivity contribution >= 4 is 15.9 Å². The van der Waals surface area contributed by atoms with Crippen molar-refractivity contribution in [2.75, 3.05) is 20.2 Å². The van der Waals surface area contributed by atoms with Crippen LogP contribution in [0.3, 0.4) is 0 Å². The summed E-state index contributed by atoms with van der Waals surface area (Å²) >= 11 is 0. The van der Waals surface area contributed by atoms with Gasteiger partial charge in [0.05, 0.1) is 17.9 Å². The Hall–Kier alpha value is -3.17. The van der Waals surface area contributed by atoms with Crippen LogP contribution in [0, 0.1) is 5.92 Å². The van der Waals surface area contributed by atoms with Crippen molar-refractivity contribution in [1.82, 2.24) is 19.2 Å². The summed E-state index contributed by atoms with van der Waals surface area (Å²) in [6.45, 7) is 0.557. The average Bonchev–Trinajstić information content (AvgIpc) is 3.28. The van der Waals surface area contributed by atoms with Gasteiger partial charge in [-0.2, -0.15) is 4.31 Å². The second-order valence-corrected chi connectivity index (χ2v) is 10.1. The molecular formula is C24H28N4O4S. The van der Waals surface area contributed by atoms with Crippen LogP contribution in [0.5, 0.6) is 5.75 Å². The van der Waals surface area contributed by atoms with Crippen molar-refractivity contribution in [2.45, 2.75) is 23.8 Å². The standard InChI is InChI=1S/C24H28N4O4S/c1-27-16-14-25-23(27)22(18-10-12-20(32-2)13-11-18)26-24(29)19-7-6-15-28(17-19)33(30,31)21-8-4-3-5-9-21/h3-5,8-14,16,19,22H,6-7,15,17H2,1-2H3,(H,26,29).